The number of alkyl halides is 1. The number of hydrogen-bond acceptors (Lipinski definition) is 4. The van der Waals surface area contributed by atoms with Crippen LogP contribution in [-0.4, -0.2) is 22.5 Å². The van der Waals surface area contributed by atoms with Crippen molar-refractivity contribution in [2.45, 2.75) is 12.5 Å². The van der Waals surface area contributed by atoms with E-state index in [9.17, 15) is 4.79 Å². The number of carbonyl (C=O) groups excluding carboxylic acids is 1. The van der Waals surface area contributed by atoms with Gasteiger partial charge in [0.1, 0.15) is 17.4 Å². The number of hydrazone groups is 1. The molecule has 0 spiro atoms. The van der Waals surface area contributed by atoms with Gasteiger partial charge in [-0.05, 0) is 34.5 Å². The number of furan rings is 1. The van der Waals surface area contributed by atoms with E-state index in [1.807, 2.05) is 29.0 Å². The summed E-state index contributed by atoms with van der Waals surface area (Å²) in [6.07, 6.45) is 2.25. The van der Waals surface area contributed by atoms with E-state index in [1.54, 1.807) is 17.6 Å². The van der Waals surface area contributed by atoms with E-state index in [2.05, 4.69) is 5.10 Å². The van der Waals surface area contributed by atoms with Gasteiger partial charge < -0.3 is 4.42 Å². The predicted molar refractivity (Wildman–Crippen MR) is 74.5 cm³/mol. The van der Waals surface area contributed by atoms with Gasteiger partial charge in [0.25, 0.3) is 5.91 Å². The molecule has 1 aliphatic heterocycles. The van der Waals surface area contributed by atoms with Crippen molar-refractivity contribution in [1.29, 1.82) is 0 Å². The van der Waals surface area contributed by atoms with E-state index in [0.29, 0.717) is 12.2 Å². The summed E-state index contributed by atoms with van der Waals surface area (Å²) < 4.78 is 5.35. The number of halogens is 1. The molecule has 1 atom stereocenters. The lowest BCUT2D eigenvalue weighted by atomic mass is 10.0. The standard InChI is InChI=1S/C13H11ClN2O2S/c14-7-13(17)16-11(9-3-5-19-8-9)6-10(15-16)12-2-1-4-18-12/h1-5,8,11H,6-7H2. The third-order valence-corrected chi connectivity index (χ3v) is 3.94. The van der Waals surface area contributed by atoms with Gasteiger partial charge in [0.15, 0.2) is 0 Å². The summed E-state index contributed by atoms with van der Waals surface area (Å²) in [5.41, 5.74) is 1.86. The Labute approximate surface area is 119 Å². The predicted octanol–water partition coefficient (Wildman–Crippen LogP) is 3.26. The number of rotatable bonds is 3. The highest BCUT2D eigenvalue weighted by Gasteiger charge is 2.33. The minimum absolute atomic E-state index is 0.0738. The molecule has 2 aromatic rings. The average Bonchev–Trinajstić information content (AvgIpc) is 3.14. The normalized spacial score (nSPS) is 18.7. The number of hydrogen-bond donors (Lipinski definition) is 0. The Bertz CT molecular complexity index is 592. The molecule has 2 aromatic heterocycles. The van der Waals surface area contributed by atoms with Crippen LogP contribution in [0.5, 0.6) is 0 Å². The van der Waals surface area contributed by atoms with Crippen LogP contribution in [0.4, 0.5) is 0 Å². The molecule has 3 heterocycles. The molecule has 0 radical (unpaired) electrons. The Hall–Kier alpha value is -1.59. The van der Waals surface area contributed by atoms with Gasteiger partial charge >= 0.3 is 0 Å². The fourth-order valence-corrected chi connectivity index (χ4v) is 2.95. The lowest BCUT2D eigenvalue weighted by Gasteiger charge is -2.19. The molecule has 0 fully saturated rings. The number of amides is 1. The Kier molecular flexibility index (Phi) is 3.40. The van der Waals surface area contributed by atoms with Crippen LogP contribution in [0.1, 0.15) is 23.8 Å². The average molecular weight is 295 g/mol. The lowest BCUT2D eigenvalue weighted by molar-refractivity contribution is -0.130. The zero-order valence-corrected chi connectivity index (χ0v) is 11.5. The van der Waals surface area contributed by atoms with Gasteiger partial charge in [-0.2, -0.15) is 16.4 Å². The summed E-state index contributed by atoms with van der Waals surface area (Å²) >= 11 is 7.25. The first kappa shape index (κ1) is 12.4. The van der Waals surface area contributed by atoms with Crippen molar-refractivity contribution in [2.24, 2.45) is 5.10 Å². The Morgan fingerprint density at radius 3 is 3.11 bits per heavy atom. The molecule has 19 heavy (non-hydrogen) atoms. The largest absolute Gasteiger partial charge is 0.463 e. The highest BCUT2D eigenvalue weighted by atomic mass is 35.5. The molecule has 0 N–H and O–H groups in total. The smallest absolute Gasteiger partial charge is 0.258 e. The molecular formula is C13H11ClN2O2S. The van der Waals surface area contributed by atoms with Crippen molar-refractivity contribution in [3.63, 3.8) is 0 Å². The first-order chi connectivity index (χ1) is 9.29. The molecule has 4 nitrogen and oxygen atoms in total. The zero-order valence-electron chi connectivity index (χ0n) is 9.95. The Balaban J connectivity index is 1.93. The molecule has 1 amide bonds. The van der Waals surface area contributed by atoms with Crippen molar-refractivity contribution in [3.8, 4) is 0 Å². The molecular weight excluding hydrogens is 284 g/mol. The van der Waals surface area contributed by atoms with Crippen molar-refractivity contribution in [2.75, 3.05) is 5.88 Å². The van der Waals surface area contributed by atoms with E-state index in [1.165, 1.54) is 5.01 Å². The van der Waals surface area contributed by atoms with Gasteiger partial charge in [-0.1, -0.05) is 0 Å². The van der Waals surface area contributed by atoms with Gasteiger partial charge in [-0.3, -0.25) is 4.79 Å². The molecule has 0 aliphatic carbocycles. The minimum Gasteiger partial charge on any atom is -0.463 e. The fraction of sp³-hybridized carbons (Fsp3) is 0.231. The van der Waals surface area contributed by atoms with Crippen LogP contribution in [0, 0.1) is 0 Å². The first-order valence-electron chi connectivity index (χ1n) is 5.81. The molecule has 1 unspecified atom stereocenters. The van der Waals surface area contributed by atoms with E-state index in [0.717, 1.165) is 11.3 Å². The van der Waals surface area contributed by atoms with Crippen LogP contribution < -0.4 is 0 Å². The minimum atomic E-state index is -0.195. The van der Waals surface area contributed by atoms with Crippen LogP contribution in [-0.2, 0) is 4.79 Å². The van der Waals surface area contributed by atoms with Crippen molar-refractivity contribution >= 4 is 34.6 Å². The number of thiophene rings is 1. The third kappa shape index (κ3) is 2.31. The summed E-state index contributed by atoms with van der Waals surface area (Å²) in [7, 11) is 0. The molecule has 0 aromatic carbocycles. The van der Waals surface area contributed by atoms with Crippen molar-refractivity contribution in [3.05, 3.63) is 46.5 Å². The van der Waals surface area contributed by atoms with Crippen LogP contribution in [0.25, 0.3) is 0 Å². The second-order valence-corrected chi connectivity index (χ2v) is 5.22. The maximum Gasteiger partial charge on any atom is 0.258 e. The first-order valence-corrected chi connectivity index (χ1v) is 7.29. The Morgan fingerprint density at radius 1 is 1.58 bits per heavy atom. The van der Waals surface area contributed by atoms with Gasteiger partial charge in [-0.25, -0.2) is 5.01 Å². The lowest BCUT2D eigenvalue weighted by Crippen LogP contribution is -2.27. The second-order valence-electron chi connectivity index (χ2n) is 4.17. The third-order valence-electron chi connectivity index (χ3n) is 3.01. The molecule has 0 saturated heterocycles. The van der Waals surface area contributed by atoms with Crippen LogP contribution in [0.3, 0.4) is 0 Å². The quantitative estimate of drug-likeness (QED) is 0.816. The van der Waals surface area contributed by atoms with Crippen molar-refractivity contribution in [1.82, 2.24) is 5.01 Å². The zero-order chi connectivity index (χ0) is 13.2. The Morgan fingerprint density at radius 2 is 2.47 bits per heavy atom. The molecule has 0 bridgehead atoms. The maximum atomic E-state index is 11.9. The fourth-order valence-electron chi connectivity index (χ4n) is 2.12. The molecule has 0 saturated carbocycles. The van der Waals surface area contributed by atoms with Crippen molar-refractivity contribution < 1.29 is 9.21 Å². The SMILES string of the molecule is O=C(CCl)N1N=C(c2ccco2)CC1c1ccsc1. The van der Waals surface area contributed by atoms with Crippen LogP contribution in [0.2, 0.25) is 0 Å². The van der Waals surface area contributed by atoms with Gasteiger partial charge in [0.2, 0.25) is 0 Å². The van der Waals surface area contributed by atoms with Crippen LogP contribution in [0.15, 0.2) is 44.7 Å². The topological polar surface area (TPSA) is 45.8 Å². The van der Waals surface area contributed by atoms with Gasteiger partial charge in [0.05, 0.1) is 12.3 Å². The van der Waals surface area contributed by atoms with Crippen LogP contribution >= 0.6 is 22.9 Å². The van der Waals surface area contributed by atoms with Gasteiger partial charge in [-0.15, -0.1) is 11.6 Å². The molecule has 3 rings (SSSR count). The second kappa shape index (κ2) is 5.19. The highest BCUT2D eigenvalue weighted by Crippen LogP contribution is 2.33. The van der Waals surface area contributed by atoms with E-state index in [-0.39, 0.29) is 17.8 Å². The monoisotopic (exact) mass is 294 g/mol. The summed E-state index contributed by atoms with van der Waals surface area (Å²) in [6, 6.07) is 5.57. The summed E-state index contributed by atoms with van der Waals surface area (Å²) in [6.45, 7) is 0. The van der Waals surface area contributed by atoms with E-state index in [4.69, 9.17) is 16.0 Å². The molecule has 6 heteroatoms. The van der Waals surface area contributed by atoms with Gasteiger partial charge in [0, 0.05) is 6.42 Å². The number of carbonyl (C=O) groups is 1. The van der Waals surface area contributed by atoms with E-state index < -0.39 is 0 Å². The highest BCUT2D eigenvalue weighted by molar-refractivity contribution is 7.08. The van der Waals surface area contributed by atoms with E-state index >= 15 is 0 Å². The summed E-state index contributed by atoms with van der Waals surface area (Å²) in [5.74, 6) is 0.430. The molecule has 98 valence electrons. The summed E-state index contributed by atoms with van der Waals surface area (Å²) in [4.78, 5) is 11.9. The number of nitrogens with zero attached hydrogens (tertiary/aromatic N) is 2. The molecule has 1 aliphatic rings. The maximum absolute atomic E-state index is 11.9. The summed E-state index contributed by atoms with van der Waals surface area (Å²) in [5, 5.41) is 9.85.